The number of benzene rings is 1. The molecule has 0 aliphatic carbocycles. The first kappa shape index (κ1) is 17.1. The fourth-order valence-corrected chi connectivity index (χ4v) is 2.87. The highest BCUT2D eigenvalue weighted by Gasteiger charge is 2.21. The SMILES string of the molecule is CCNCc1ccc(S(=O)(=O)NCC(C)(C)C)c(F)c1. The second-order valence-electron chi connectivity index (χ2n) is 5.93. The van der Waals surface area contributed by atoms with Crippen molar-refractivity contribution in [2.45, 2.75) is 39.1 Å². The quantitative estimate of drug-likeness (QED) is 0.847. The van der Waals surface area contributed by atoms with Crippen LogP contribution < -0.4 is 10.0 Å². The lowest BCUT2D eigenvalue weighted by atomic mass is 9.98. The number of sulfonamides is 1. The molecular formula is C14H23FN2O2S. The van der Waals surface area contributed by atoms with E-state index in [0.29, 0.717) is 6.54 Å². The van der Waals surface area contributed by atoms with Crippen LogP contribution in [0.2, 0.25) is 0 Å². The Labute approximate surface area is 120 Å². The van der Waals surface area contributed by atoms with E-state index >= 15 is 0 Å². The molecule has 2 N–H and O–H groups in total. The summed E-state index contributed by atoms with van der Waals surface area (Å²) in [6.07, 6.45) is 0. The molecule has 0 atom stereocenters. The van der Waals surface area contributed by atoms with Gasteiger partial charge in [0.25, 0.3) is 0 Å². The van der Waals surface area contributed by atoms with E-state index in [4.69, 9.17) is 0 Å². The summed E-state index contributed by atoms with van der Waals surface area (Å²) >= 11 is 0. The Bertz CT molecular complexity index is 551. The smallest absolute Gasteiger partial charge is 0.243 e. The zero-order valence-corrected chi connectivity index (χ0v) is 13.3. The molecule has 4 nitrogen and oxygen atoms in total. The molecule has 0 amide bonds. The van der Waals surface area contributed by atoms with Gasteiger partial charge in [0.2, 0.25) is 10.0 Å². The molecule has 1 rings (SSSR count). The van der Waals surface area contributed by atoms with Crippen LogP contribution in [0.1, 0.15) is 33.3 Å². The molecule has 1 aromatic carbocycles. The van der Waals surface area contributed by atoms with Gasteiger partial charge in [0.15, 0.2) is 0 Å². The zero-order chi connectivity index (χ0) is 15.4. The van der Waals surface area contributed by atoms with Gasteiger partial charge >= 0.3 is 0 Å². The Kier molecular flexibility index (Phi) is 5.68. The maximum absolute atomic E-state index is 13.9. The maximum atomic E-state index is 13.9. The van der Waals surface area contributed by atoms with Crippen molar-refractivity contribution in [2.24, 2.45) is 5.41 Å². The molecule has 20 heavy (non-hydrogen) atoms. The molecule has 0 aliphatic heterocycles. The first-order valence-corrected chi connectivity index (χ1v) is 8.13. The van der Waals surface area contributed by atoms with Crippen LogP contribution in [0.25, 0.3) is 0 Å². The van der Waals surface area contributed by atoms with Crippen LogP contribution in [0.4, 0.5) is 4.39 Å². The zero-order valence-electron chi connectivity index (χ0n) is 12.5. The first-order valence-electron chi connectivity index (χ1n) is 6.64. The van der Waals surface area contributed by atoms with Gasteiger partial charge in [-0.15, -0.1) is 0 Å². The van der Waals surface area contributed by atoms with Gasteiger partial charge in [-0.05, 0) is 29.7 Å². The lowest BCUT2D eigenvalue weighted by molar-refractivity contribution is 0.407. The van der Waals surface area contributed by atoms with Crippen molar-refractivity contribution in [1.82, 2.24) is 10.0 Å². The third kappa shape index (κ3) is 5.19. The molecule has 1 aromatic rings. The highest BCUT2D eigenvalue weighted by molar-refractivity contribution is 7.89. The summed E-state index contributed by atoms with van der Waals surface area (Å²) in [4.78, 5) is -0.304. The lowest BCUT2D eigenvalue weighted by Crippen LogP contribution is -2.32. The number of hydrogen-bond acceptors (Lipinski definition) is 3. The van der Waals surface area contributed by atoms with Crippen molar-refractivity contribution in [3.8, 4) is 0 Å². The van der Waals surface area contributed by atoms with Crippen LogP contribution in [0, 0.1) is 11.2 Å². The van der Waals surface area contributed by atoms with Gasteiger partial charge in [-0.2, -0.15) is 0 Å². The molecule has 0 aliphatic rings. The summed E-state index contributed by atoms with van der Waals surface area (Å²) in [7, 11) is -3.81. The van der Waals surface area contributed by atoms with Gasteiger partial charge in [-0.3, -0.25) is 0 Å². The molecular weight excluding hydrogens is 279 g/mol. The molecule has 0 fully saturated rings. The molecule has 0 aromatic heterocycles. The summed E-state index contributed by atoms with van der Waals surface area (Å²) in [5, 5.41) is 3.06. The van der Waals surface area contributed by atoms with Crippen molar-refractivity contribution in [1.29, 1.82) is 0 Å². The summed E-state index contributed by atoms with van der Waals surface area (Å²) in [6, 6.07) is 4.19. The van der Waals surface area contributed by atoms with Gasteiger partial charge in [0, 0.05) is 13.1 Å². The van der Waals surface area contributed by atoms with Crippen LogP contribution in [-0.2, 0) is 16.6 Å². The third-order valence-electron chi connectivity index (χ3n) is 2.66. The van der Waals surface area contributed by atoms with Crippen LogP contribution in [0.15, 0.2) is 23.1 Å². The van der Waals surface area contributed by atoms with Gasteiger partial charge < -0.3 is 5.32 Å². The second-order valence-corrected chi connectivity index (χ2v) is 7.67. The van der Waals surface area contributed by atoms with Gasteiger partial charge in [0.05, 0.1) is 0 Å². The van der Waals surface area contributed by atoms with E-state index in [1.807, 2.05) is 27.7 Å². The normalized spacial score (nSPS) is 12.7. The van der Waals surface area contributed by atoms with Crippen molar-refractivity contribution in [3.63, 3.8) is 0 Å². The van der Waals surface area contributed by atoms with E-state index in [1.165, 1.54) is 12.1 Å². The number of rotatable bonds is 6. The molecule has 0 spiro atoms. The predicted octanol–water partition coefficient (Wildman–Crippen LogP) is 2.26. The van der Waals surface area contributed by atoms with Gasteiger partial charge in [0.1, 0.15) is 10.7 Å². The predicted molar refractivity (Wildman–Crippen MR) is 78.4 cm³/mol. The van der Waals surface area contributed by atoms with E-state index in [-0.39, 0.29) is 16.9 Å². The molecule has 0 radical (unpaired) electrons. The van der Waals surface area contributed by atoms with E-state index in [9.17, 15) is 12.8 Å². The highest BCUT2D eigenvalue weighted by Crippen LogP contribution is 2.18. The Morgan fingerprint density at radius 1 is 1.25 bits per heavy atom. The molecule has 6 heteroatoms. The topological polar surface area (TPSA) is 58.2 Å². The Hall–Kier alpha value is -0.980. The van der Waals surface area contributed by atoms with E-state index in [1.54, 1.807) is 6.07 Å². The standard InChI is InChI=1S/C14H23FN2O2S/c1-5-16-9-11-6-7-13(12(15)8-11)20(18,19)17-10-14(2,3)4/h6-8,16-17H,5,9-10H2,1-4H3. The maximum Gasteiger partial charge on any atom is 0.243 e. The van der Waals surface area contributed by atoms with E-state index < -0.39 is 15.8 Å². The van der Waals surface area contributed by atoms with E-state index in [2.05, 4.69) is 10.0 Å². The molecule has 0 unspecified atom stereocenters. The fourth-order valence-electron chi connectivity index (χ4n) is 1.53. The second kappa shape index (κ2) is 6.65. The number of nitrogens with one attached hydrogen (secondary N) is 2. The minimum atomic E-state index is -3.81. The molecule has 0 saturated heterocycles. The highest BCUT2D eigenvalue weighted by atomic mass is 32.2. The Balaban J connectivity index is 2.90. The van der Waals surface area contributed by atoms with Crippen LogP contribution in [0.3, 0.4) is 0 Å². The Morgan fingerprint density at radius 2 is 1.90 bits per heavy atom. The van der Waals surface area contributed by atoms with Crippen LogP contribution in [-0.4, -0.2) is 21.5 Å². The number of hydrogen-bond donors (Lipinski definition) is 2. The summed E-state index contributed by atoms with van der Waals surface area (Å²) in [5.74, 6) is -0.721. The van der Waals surface area contributed by atoms with Crippen molar-refractivity contribution >= 4 is 10.0 Å². The molecule has 0 saturated carbocycles. The summed E-state index contributed by atoms with van der Waals surface area (Å²) in [5.41, 5.74) is 0.522. The first-order chi connectivity index (χ1) is 9.15. The van der Waals surface area contributed by atoms with Crippen molar-refractivity contribution in [2.75, 3.05) is 13.1 Å². The van der Waals surface area contributed by atoms with Crippen LogP contribution >= 0.6 is 0 Å². The monoisotopic (exact) mass is 302 g/mol. The Morgan fingerprint density at radius 3 is 2.40 bits per heavy atom. The molecule has 0 heterocycles. The molecule has 0 bridgehead atoms. The molecule has 114 valence electrons. The summed E-state index contributed by atoms with van der Waals surface area (Å²) < 4.78 is 40.5. The van der Waals surface area contributed by atoms with Crippen LogP contribution in [0.5, 0.6) is 0 Å². The van der Waals surface area contributed by atoms with E-state index in [0.717, 1.165) is 12.1 Å². The minimum Gasteiger partial charge on any atom is -0.313 e. The van der Waals surface area contributed by atoms with Crippen molar-refractivity contribution < 1.29 is 12.8 Å². The van der Waals surface area contributed by atoms with Crippen molar-refractivity contribution in [3.05, 3.63) is 29.6 Å². The third-order valence-corrected chi connectivity index (χ3v) is 4.09. The number of halogens is 1. The largest absolute Gasteiger partial charge is 0.313 e. The fraction of sp³-hybridized carbons (Fsp3) is 0.571. The summed E-state index contributed by atoms with van der Waals surface area (Å²) in [6.45, 7) is 9.22. The van der Waals surface area contributed by atoms with Gasteiger partial charge in [-0.25, -0.2) is 17.5 Å². The lowest BCUT2D eigenvalue weighted by Gasteiger charge is -2.19. The average Bonchev–Trinajstić information content (AvgIpc) is 2.33. The average molecular weight is 302 g/mol. The minimum absolute atomic E-state index is 0.200. The van der Waals surface area contributed by atoms with Gasteiger partial charge in [-0.1, -0.05) is 33.8 Å².